The standard InChI is InChI=1S/C28H17NO4/c30-25-20-14-7-8-15-21(20)26(31)24-22(25)16-9-17-23(24)29(27(32)18-10-3-1-4-11-18)28(33)19-12-5-2-6-13-19/h1-17H. The molecule has 5 heteroatoms. The molecule has 0 aliphatic heterocycles. The number of rotatable bonds is 3. The smallest absolute Gasteiger partial charge is 0.265 e. The van der Waals surface area contributed by atoms with Crippen LogP contribution in [0.25, 0.3) is 0 Å². The highest BCUT2D eigenvalue weighted by molar-refractivity contribution is 6.34. The molecule has 1 aliphatic rings. The van der Waals surface area contributed by atoms with E-state index in [0.717, 1.165) is 4.90 Å². The zero-order chi connectivity index (χ0) is 22.9. The minimum absolute atomic E-state index is 0.0507. The van der Waals surface area contributed by atoms with E-state index in [1.807, 2.05) is 0 Å². The van der Waals surface area contributed by atoms with E-state index in [1.165, 1.54) is 6.07 Å². The van der Waals surface area contributed by atoms with Gasteiger partial charge in [0.15, 0.2) is 11.6 Å². The summed E-state index contributed by atoms with van der Waals surface area (Å²) in [7, 11) is 0. The molecule has 1 aliphatic carbocycles. The Balaban J connectivity index is 1.73. The lowest BCUT2D eigenvalue weighted by molar-refractivity contribution is 0.0895. The van der Waals surface area contributed by atoms with E-state index in [1.54, 1.807) is 97.1 Å². The molecule has 5 nitrogen and oxygen atoms in total. The first-order chi connectivity index (χ1) is 16.1. The third kappa shape index (κ3) is 3.36. The van der Waals surface area contributed by atoms with Crippen LogP contribution in [-0.2, 0) is 0 Å². The first-order valence-electron chi connectivity index (χ1n) is 10.4. The molecule has 4 aromatic carbocycles. The van der Waals surface area contributed by atoms with Crippen LogP contribution in [0.4, 0.5) is 5.69 Å². The molecule has 0 heterocycles. The summed E-state index contributed by atoms with van der Waals surface area (Å²) in [5.74, 6) is -1.89. The number of imide groups is 1. The molecule has 4 aromatic rings. The van der Waals surface area contributed by atoms with Crippen molar-refractivity contribution in [3.63, 3.8) is 0 Å². The Hall–Kier alpha value is -4.64. The molecule has 0 saturated heterocycles. The topological polar surface area (TPSA) is 71.5 Å². The first kappa shape index (κ1) is 20.3. The van der Waals surface area contributed by atoms with E-state index in [9.17, 15) is 19.2 Å². The van der Waals surface area contributed by atoms with E-state index in [4.69, 9.17) is 0 Å². The largest absolute Gasteiger partial charge is 0.289 e. The van der Waals surface area contributed by atoms with Gasteiger partial charge in [0.05, 0.1) is 11.3 Å². The van der Waals surface area contributed by atoms with E-state index < -0.39 is 17.6 Å². The average Bonchev–Trinajstić information content (AvgIpc) is 2.88. The Labute approximate surface area is 189 Å². The van der Waals surface area contributed by atoms with Gasteiger partial charge in [0, 0.05) is 27.8 Å². The average molecular weight is 431 g/mol. The summed E-state index contributed by atoms with van der Waals surface area (Å²) in [6.07, 6.45) is 0. The van der Waals surface area contributed by atoms with Gasteiger partial charge in [-0.1, -0.05) is 72.8 Å². The molecule has 0 fully saturated rings. The maximum absolute atomic E-state index is 13.6. The van der Waals surface area contributed by atoms with E-state index in [-0.39, 0.29) is 39.3 Å². The zero-order valence-electron chi connectivity index (χ0n) is 17.4. The molecule has 158 valence electrons. The van der Waals surface area contributed by atoms with Crippen molar-refractivity contribution in [3.05, 3.63) is 137 Å². The molecule has 0 atom stereocenters. The monoisotopic (exact) mass is 431 g/mol. The maximum Gasteiger partial charge on any atom is 0.265 e. The van der Waals surface area contributed by atoms with Crippen LogP contribution < -0.4 is 4.90 Å². The van der Waals surface area contributed by atoms with Crippen LogP contribution in [0.3, 0.4) is 0 Å². The molecule has 0 aromatic heterocycles. The number of benzene rings is 4. The third-order valence-corrected chi connectivity index (χ3v) is 5.62. The predicted octanol–water partition coefficient (Wildman–Crippen LogP) is 4.95. The Morgan fingerprint density at radius 3 is 1.48 bits per heavy atom. The number of ketones is 2. The van der Waals surface area contributed by atoms with Crippen LogP contribution in [0.15, 0.2) is 103 Å². The molecule has 0 spiro atoms. The second-order valence-corrected chi connectivity index (χ2v) is 7.58. The molecule has 5 rings (SSSR count). The van der Waals surface area contributed by atoms with Crippen molar-refractivity contribution in [1.29, 1.82) is 0 Å². The highest BCUT2D eigenvalue weighted by Gasteiger charge is 2.36. The number of carbonyl (C=O) groups is 4. The van der Waals surface area contributed by atoms with Crippen molar-refractivity contribution in [1.82, 2.24) is 0 Å². The van der Waals surface area contributed by atoms with E-state index in [2.05, 4.69) is 0 Å². The van der Waals surface area contributed by atoms with Crippen LogP contribution in [0.5, 0.6) is 0 Å². The number of carbonyl (C=O) groups excluding carboxylic acids is 4. The van der Waals surface area contributed by atoms with Gasteiger partial charge >= 0.3 is 0 Å². The molecular formula is C28H17NO4. The molecule has 0 saturated carbocycles. The van der Waals surface area contributed by atoms with Gasteiger partial charge in [-0.3, -0.25) is 19.2 Å². The number of hydrogen-bond acceptors (Lipinski definition) is 4. The molecule has 0 N–H and O–H groups in total. The second-order valence-electron chi connectivity index (χ2n) is 7.58. The molecular weight excluding hydrogens is 414 g/mol. The van der Waals surface area contributed by atoms with Gasteiger partial charge in [0.2, 0.25) is 0 Å². The number of anilines is 1. The van der Waals surface area contributed by atoms with Crippen LogP contribution in [0.2, 0.25) is 0 Å². The van der Waals surface area contributed by atoms with Crippen molar-refractivity contribution >= 4 is 29.1 Å². The molecule has 2 amide bonds. The van der Waals surface area contributed by atoms with Gasteiger partial charge in [-0.15, -0.1) is 0 Å². The van der Waals surface area contributed by atoms with Gasteiger partial charge in [-0.25, -0.2) is 4.90 Å². The first-order valence-corrected chi connectivity index (χ1v) is 10.4. The fraction of sp³-hybridized carbons (Fsp3) is 0. The Bertz CT molecular complexity index is 1370. The number of fused-ring (bicyclic) bond motifs is 2. The van der Waals surface area contributed by atoms with Gasteiger partial charge in [0.25, 0.3) is 11.8 Å². The van der Waals surface area contributed by atoms with Crippen molar-refractivity contribution in [2.45, 2.75) is 0 Å². The Morgan fingerprint density at radius 1 is 0.485 bits per heavy atom. The highest BCUT2D eigenvalue weighted by Crippen LogP contribution is 2.35. The summed E-state index contributed by atoms with van der Waals surface area (Å²) in [5, 5.41) is 0. The van der Waals surface area contributed by atoms with E-state index >= 15 is 0 Å². The minimum Gasteiger partial charge on any atom is -0.289 e. The lowest BCUT2D eigenvalue weighted by atomic mass is 9.83. The minimum atomic E-state index is -0.586. The summed E-state index contributed by atoms with van der Waals surface area (Å²) >= 11 is 0. The molecule has 0 unspecified atom stereocenters. The summed E-state index contributed by atoms with van der Waals surface area (Å²) < 4.78 is 0. The van der Waals surface area contributed by atoms with Crippen LogP contribution >= 0.6 is 0 Å². The Morgan fingerprint density at radius 2 is 0.939 bits per heavy atom. The van der Waals surface area contributed by atoms with Gasteiger partial charge in [-0.2, -0.15) is 0 Å². The summed E-state index contributed by atoms with van der Waals surface area (Å²) in [6.45, 7) is 0. The lowest BCUT2D eigenvalue weighted by Gasteiger charge is -2.27. The number of amides is 2. The molecule has 0 radical (unpaired) electrons. The number of nitrogens with zero attached hydrogens (tertiary/aromatic N) is 1. The summed E-state index contributed by atoms with van der Waals surface area (Å²) in [4.78, 5) is 54.8. The highest BCUT2D eigenvalue weighted by atomic mass is 16.2. The van der Waals surface area contributed by atoms with E-state index in [0.29, 0.717) is 5.56 Å². The summed E-state index contributed by atoms with van der Waals surface area (Å²) in [6, 6.07) is 28.0. The van der Waals surface area contributed by atoms with Crippen molar-refractivity contribution < 1.29 is 19.2 Å². The molecule has 33 heavy (non-hydrogen) atoms. The van der Waals surface area contributed by atoms with Crippen LogP contribution in [0, 0.1) is 0 Å². The van der Waals surface area contributed by atoms with Crippen molar-refractivity contribution in [2.24, 2.45) is 0 Å². The maximum atomic E-state index is 13.6. The fourth-order valence-corrected chi connectivity index (χ4v) is 4.04. The van der Waals surface area contributed by atoms with Gasteiger partial charge < -0.3 is 0 Å². The van der Waals surface area contributed by atoms with Gasteiger partial charge in [0.1, 0.15) is 0 Å². The molecule has 0 bridgehead atoms. The second kappa shape index (κ2) is 8.13. The van der Waals surface area contributed by atoms with Crippen molar-refractivity contribution in [2.75, 3.05) is 4.90 Å². The van der Waals surface area contributed by atoms with Gasteiger partial charge in [-0.05, 0) is 30.3 Å². The predicted molar refractivity (Wildman–Crippen MR) is 124 cm³/mol. The third-order valence-electron chi connectivity index (χ3n) is 5.62. The SMILES string of the molecule is O=C1c2ccccc2C(=O)c2c1cccc2N(C(=O)c1ccccc1)C(=O)c1ccccc1. The van der Waals surface area contributed by atoms with Crippen LogP contribution in [0.1, 0.15) is 52.6 Å². The number of hydrogen-bond donors (Lipinski definition) is 0. The summed E-state index contributed by atoms with van der Waals surface area (Å²) in [5.41, 5.74) is 1.44. The normalized spacial score (nSPS) is 12.0. The lowest BCUT2D eigenvalue weighted by Crippen LogP contribution is -2.39. The quantitative estimate of drug-likeness (QED) is 0.379. The zero-order valence-corrected chi connectivity index (χ0v) is 17.4. The fourth-order valence-electron chi connectivity index (χ4n) is 4.04. The van der Waals surface area contributed by atoms with Crippen molar-refractivity contribution in [3.8, 4) is 0 Å². The Kier molecular flexibility index (Phi) is 4.99. The van der Waals surface area contributed by atoms with Crippen LogP contribution in [-0.4, -0.2) is 23.4 Å².